The standard InChI is InChI=1S/C37H70N/c1-5-7-9-11-13-15-17-19-21-23-25-30-34-37(36-32-28-27-29-33-36)38(3,4)35-31-26-24-22-20-18-16-14-12-10-8-6-2/h27-29,32-33,37H,5-26,30-31,34-35H2,1-4H3/q+1. The Kier molecular flexibility index (Phi) is 23.3. The van der Waals surface area contributed by atoms with Gasteiger partial charge in [-0.2, -0.15) is 0 Å². The van der Waals surface area contributed by atoms with Gasteiger partial charge in [-0.05, 0) is 19.3 Å². The minimum absolute atomic E-state index is 0.645. The second-order valence-electron chi connectivity index (χ2n) is 13.0. The summed E-state index contributed by atoms with van der Waals surface area (Å²) in [6.07, 6.45) is 35.8. The fourth-order valence-corrected chi connectivity index (χ4v) is 6.29. The fourth-order valence-electron chi connectivity index (χ4n) is 6.29. The second-order valence-corrected chi connectivity index (χ2v) is 13.0. The number of unbranched alkanes of at least 4 members (excludes halogenated alkanes) is 22. The lowest BCUT2D eigenvalue weighted by molar-refractivity contribution is -0.921. The molecule has 0 heterocycles. The van der Waals surface area contributed by atoms with Gasteiger partial charge in [-0.25, -0.2) is 0 Å². The summed E-state index contributed by atoms with van der Waals surface area (Å²) >= 11 is 0. The molecule has 1 rings (SSSR count). The lowest BCUT2D eigenvalue weighted by Gasteiger charge is -2.39. The summed E-state index contributed by atoms with van der Waals surface area (Å²) in [5, 5.41) is 0. The molecular weight excluding hydrogens is 458 g/mol. The number of nitrogens with zero attached hydrogens (tertiary/aromatic N) is 1. The molecule has 1 nitrogen and oxygen atoms in total. The van der Waals surface area contributed by atoms with Crippen molar-refractivity contribution in [1.82, 2.24) is 0 Å². The average Bonchev–Trinajstić information content (AvgIpc) is 2.92. The average molecular weight is 529 g/mol. The summed E-state index contributed by atoms with van der Waals surface area (Å²) in [6, 6.07) is 12.1. The molecule has 38 heavy (non-hydrogen) atoms. The van der Waals surface area contributed by atoms with Crippen molar-refractivity contribution in [1.29, 1.82) is 0 Å². The third kappa shape index (κ3) is 19.3. The van der Waals surface area contributed by atoms with Crippen molar-refractivity contribution in [3.63, 3.8) is 0 Å². The quantitative estimate of drug-likeness (QED) is 0.0749. The number of rotatable bonds is 28. The first kappa shape index (κ1) is 35.2. The van der Waals surface area contributed by atoms with Crippen LogP contribution in [0.5, 0.6) is 0 Å². The van der Waals surface area contributed by atoms with Gasteiger partial charge in [0.25, 0.3) is 0 Å². The molecule has 0 saturated heterocycles. The maximum Gasteiger partial charge on any atom is 0.114 e. The Hall–Kier alpha value is -0.820. The molecule has 1 aromatic carbocycles. The van der Waals surface area contributed by atoms with Gasteiger partial charge in [0, 0.05) is 12.0 Å². The second kappa shape index (κ2) is 25.2. The summed E-state index contributed by atoms with van der Waals surface area (Å²) in [7, 11) is 4.99. The fraction of sp³-hybridized carbons (Fsp3) is 0.838. The number of hydrogen-bond acceptors (Lipinski definition) is 0. The molecule has 0 N–H and O–H groups in total. The lowest BCUT2D eigenvalue weighted by atomic mass is 9.96. The van der Waals surface area contributed by atoms with Crippen molar-refractivity contribution < 1.29 is 4.48 Å². The molecule has 0 bridgehead atoms. The van der Waals surface area contributed by atoms with Crippen LogP contribution in [0.15, 0.2) is 30.3 Å². The predicted molar refractivity (Wildman–Crippen MR) is 173 cm³/mol. The van der Waals surface area contributed by atoms with Crippen molar-refractivity contribution in [2.24, 2.45) is 0 Å². The molecule has 0 spiro atoms. The zero-order chi connectivity index (χ0) is 27.6. The third-order valence-electron chi connectivity index (χ3n) is 8.95. The maximum atomic E-state index is 2.50. The van der Waals surface area contributed by atoms with E-state index in [1.54, 1.807) is 5.56 Å². The Morgan fingerprint density at radius 1 is 0.447 bits per heavy atom. The predicted octanol–water partition coefficient (Wildman–Crippen LogP) is 12.6. The van der Waals surface area contributed by atoms with E-state index in [4.69, 9.17) is 0 Å². The Bertz CT molecular complexity index is 592. The minimum atomic E-state index is 0.645. The topological polar surface area (TPSA) is 0 Å². The number of benzene rings is 1. The van der Waals surface area contributed by atoms with Gasteiger partial charge in [-0.15, -0.1) is 0 Å². The van der Waals surface area contributed by atoms with E-state index in [-0.39, 0.29) is 0 Å². The van der Waals surface area contributed by atoms with Gasteiger partial charge < -0.3 is 4.48 Å². The first-order valence-electron chi connectivity index (χ1n) is 17.5. The highest BCUT2D eigenvalue weighted by atomic mass is 15.3. The summed E-state index contributed by atoms with van der Waals surface area (Å²) in [5.41, 5.74) is 1.56. The van der Waals surface area contributed by atoms with E-state index in [1.165, 1.54) is 167 Å². The highest BCUT2D eigenvalue weighted by Crippen LogP contribution is 2.31. The molecule has 0 aromatic heterocycles. The molecule has 0 aliphatic carbocycles. The van der Waals surface area contributed by atoms with Crippen molar-refractivity contribution >= 4 is 0 Å². The summed E-state index contributed by atoms with van der Waals surface area (Å²) in [5.74, 6) is 0. The van der Waals surface area contributed by atoms with E-state index in [0.29, 0.717) is 6.04 Å². The van der Waals surface area contributed by atoms with Crippen LogP contribution in [0.4, 0.5) is 0 Å². The van der Waals surface area contributed by atoms with Gasteiger partial charge in [-0.1, -0.05) is 179 Å². The lowest BCUT2D eigenvalue weighted by Crippen LogP contribution is -2.44. The highest BCUT2D eigenvalue weighted by Gasteiger charge is 2.28. The normalized spacial score (nSPS) is 12.7. The molecular formula is C37H70N+. The van der Waals surface area contributed by atoms with Crippen molar-refractivity contribution in [3.8, 4) is 0 Å². The van der Waals surface area contributed by atoms with Crippen molar-refractivity contribution in [2.45, 2.75) is 180 Å². The van der Waals surface area contributed by atoms with Crippen molar-refractivity contribution in [2.75, 3.05) is 20.6 Å². The van der Waals surface area contributed by atoms with Gasteiger partial charge >= 0.3 is 0 Å². The van der Waals surface area contributed by atoms with Gasteiger partial charge in [0.2, 0.25) is 0 Å². The van der Waals surface area contributed by atoms with Crippen LogP contribution in [0.3, 0.4) is 0 Å². The highest BCUT2D eigenvalue weighted by molar-refractivity contribution is 5.17. The van der Waals surface area contributed by atoms with E-state index in [0.717, 1.165) is 4.48 Å². The summed E-state index contributed by atoms with van der Waals surface area (Å²) in [4.78, 5) is 0. The zero-order valence-corrected chi connectivity index (χ0v) is 26.8. The van der Waals surface area contributed by atoms with E-state index in [2.05, 4.69) is 58.3 Å². The molecule has 0 saturated carbocycles. The van der Waals surface area contributed by atoms with Crippen molar-refractivity contribution in [3.05, 3.63) is 35.9 Å². The van der Waals surface area contributed by atoms with Gasteiger partial charge in [0.05, 0.1) is 20.6 Å². The molecule has 0 aliphatic rings. The molecule has 0 amide bonds. The first-order valence-corrected chi connectivity index (χ1v) is 17.5. The van der Waals surface area contributed by atoms with Crippen LogP contribution in [-0.4, -0.2) is 25.1 Å². The third-order valence-corrected chi connectivity index (χ3v) is 8.95. The molecule has 1 atom stereocenters. The Balaban J connectivity index is 2.21. The van der Waals surface area contributed by atoms with E-state index in [1.807, 2.05) is 0 Å². The molecule has 0 aliphatic heterocycles. The molecule has 1 heteroatoms. The molecule has 0 fully saturated rings. The smallest absolute Gasteiger partial charge is 0.114 e. The van der Waals surface area contributed by atoms with E-state index in [9.17, 15) is 0 Å². The Labute approximate surface area is 241 Å². The maximum absolute atomic E-state index is 2.50. The number of hydrogen-bond donors (Lipinski definition) is 0. The van der Waals surface area contributed by atoms with E-state index >= 15 is 0 Å². The first-order chi connectivity index (χ1) is 18.6. The van der Waals surface area contributed by atoms with Crippen LogP contribution in [0.25, 0.3) is 0 Å². The largest absolute Gasteiger partial charge is 0.322 e. The van der Waals surface area contributed by atoms with Gasteiger partial charge in [-0.3, -0.25) is 0 Å². The van der Waals surface area contributed by atoms with Gasteiger partial charge in [0.15, 0.2) is 0 Å². The zero-order valence-electron chi connectivity index (χ0n) is 26.8. The Morgan fingerprint density at radius 3 is 1.18 bits per heavy atom. The van der Waals surface area contributed by atoms with Crippen LogP contribution in [-0.2, 0) is 0 Å². The summed E-state index contributed by atoms with van der Waals surface area (Å²) < 4.78 is 1.15. The molecule has 0 radical (unpaired) electrons. The molecule has 1 aromatic rings. The van der Waals surface area contributed by atoms with Crippen LogP contribution in [0, 0.1) is 0 Å². The van der Waals surface area contributed by atoms with Crippen LogP contribution >= 0.6 is 0 Å². The SMILES string of the molecule is CCCCCCCCCCCCCCC(c1ccccc1)[N+](C)(C)CCCCCCCCCCCCCC. The Morgan fingerprint density at radius 2 is 0.789 bits per heavy atom. The monoisotopic (exact) mass is 529 g/mol. The molecule has 1 unspecified atom stereocenters. The van der Waals surface area contributed by atoms with Crippen LogP contribution < -0.4 is 0 Å². The minimum Gasteiger partial charge on any atom is -0.322 e. The van der Waals surface area contributed by atoms with Gasteiger partial charge in [0.1, 0.15) is 6.04 Å². The summed E-state index contributed by atoms with van der Waals surface area (Å²) in [6.45, 7) is 5.93. The number of quaternary nitrogens is 1. The molecule has 222 valence electrons. The van der Waals surface area contributed by atoms with E-state index < -0.39 is 0 Å². The van der Waals surface area contributed by atoms with Crippen LogP contribution in [0.2, 0.25) is 0 Å². The van der Waals surface area contributed by atoms with Crippen LogP contribution in [0.1, 0.15) is 186 Å².